The topological polar surface area (TPSA) is 70.5 Å². The first-order chi connectivity index (χ1) is 11.1. The van der Waals surface area contributed by atoms with E-state index in [2.05, 4.69) is 13.8 Å². The lowest BCUT2D eigenvalue weighted by atomic mass is 9.99. The lowest BCUT2D eigenvalue weighted by Gasteiger charge is -2.18. The highest BCUT2D eigenvalue weighted by atomic mass is 16.5. The molecule has 0 amide bonds. The highest BCUT2D eigenvalue weighted by Gasteiger charge is 2.16. The molecule has 0 atom stereocenters. The van der Waals surface area contributed by atoms with Crippen molar-refractivity contribution in [2.45, 2.75) is 33.6 Å². The van der Waals surface area contributed by atoms with Gasteiger partial charge in [-0.2, -0.15) is 0 Å². The maximum Gasteiger partial charge on any atom is 0.132 e. The molecule has 0 aliphatic heterocycles. The van der Waals surface area contributed by atoms with Gasteiger partial charge in [-0.25, -0.2) is 0 Å². The number of nitrogen functional groups attached to an aromatic ring is 2. The van der Waals surface area contributed by atoms with Gasteiger partial charge in [0.05, 0.1) is 13.2 Å². The molecule has 4 heteroatoms. The van der Waals surface area contributed by atoms with Gasteiger partial charge in [-0.3, -0.25) is 0 Å². The van der Waals surface area contributed by atoms with Crippen molar-refractivity contribution in [3.63, 3.8) is 0 Å². The van der Waals surface area contributed by atoms with Crippen LogP contribution in [-0.2, 0) is 0 Å². The molecule has 0 heterocycles. The minimum Gasteiger partial charge on any atom is -0.493 e. The van der Waals surface area contributed by atoms with E-state index in [1.807, 2.05) is 37.3 Å². The summed E-state index contributed by atoms with van der Waals surface area (Å²) in [6, 6.07) is 9.61. The highest BCUT2D eigenvalue weighted by molar-refractivity contribution is 5.81. The Balaban J connectivity index is 2.54. The number of anilines is 2. The number of hydrogen-bond acceptors (Lipinski definition) is 4. The van der Waals surface area contributed by atoms with Crippen molar-refractivity contribution >= 4 is 11.4 Å². The van der Waals surface area contributed by atoms with Crippen LogP contribution < -0.4 is 20.9 Å². The molecule has 0 aromatic heterocycles. The SMILES string of the molecule is CCCOc1cc(N)ccc1-c1ccc(N)c(C)c1OCCC. The Bertz CT molecular complexity index is 669. The fourth-order valence-corrected chi connectivity index (χ4v) is 2.40. The average molecular weight is 314 g/mol. The summed E-state index contributed by atoms with van der Waals surface area (Å²) in [5.41, 5.74) is 16.3. The number of ether oxygens (including phenoxy) is 2. The van der Waals surface area contributed by atoms with Gasteiger partial charge in [0.25, 0.3) is 0 Å². The summed E-state index contributed by atoms with van der Waals surface area (Å²) in [5, 5.41) is 0. The Morgan fingerprint density at radius 3 is 2.22 bits per heavy atom. The first-order valence-electron chi connectivity index (χ1n) is 8.13. The van der Waals surface area contributed by atoms with Crippen LogP contribution in [-0.4, -0.2) is 13.2 Å². The first-order valence-corrected chi connectivity index (χ1v) is 8.13. The van der Waals surface area contributed by atoms with Crippen LogP contribution in [0.25, 0.3) is 11.1 Å². The zero-order valence-electron chi connectivity index (χ0n) is 14.2. The summed E-state index contributed by atoms with van der Waals surface area (Å²) in [5.74, 6) is 1.59. The minimum absolute atomic E-state index is 0.648. The van der Waals surface area contributed by atoms with Gasteiger partial charge in [-0.15, -0.1) is 0 Å². The van der Waals surface area contributed by atoms with Crippen molar-refractivity contribution in [2.75, 3.05) is 24.7 Å². The molecule has 2 aromatic rings. The van der Waals surface area contributed by atoms with E-state index in [0.717, 1.165) is 46.7 Å². The third-order valence-electron chi connectivity index (χ3n) is 3.66. The molecule has 0 aliphatic rings. The van der Waals surface area contributed by atoms with Crippen molar-refractivity contribution in [1.82, 2.24) is 0 Å². The predicted molar refractivity (Wildman–Crippen MR) is 97.0 cm³/mol. The van der Waals surface area contributed by atoms with Crippen molar-refractivity contribution in [3.05, 3.63) is 35.9 Å². The van der Waals surface area contributed by atoms with Gasteiger partial charge in [0, 0.05) is 34.1 Å². The highest BCUT2D eigenvalue weighted by Crippen LogP contribution is 2.41. The maximum atomic E-state index is 6.05. The largest absolute Gasteiger partial charge is 0.493 e. The second-order valence-corrected chi connectivity index (χ2v) is 5.61. The van der Waals surface area contributed by atoms with E-state index >= 15 is 0 Å². The van der Waals surface area contributed by atoms with E-state index in [4.69, 9.17) is 20.9 Å². The van der Waals surface area contributed by atoms with Crippen molar-refractivity contribution in [1.29, 1.82) is 0 Å². The Labute approximate surface area is 138 Å². The molecule has 23 heavy (non-hydrogen) atoms. The van der Waals surface area contributed by atoms with Crippen LogP contribution in [0.2, 0.25) is 0 Å². The van der Waals surface area contributed by atoms with Crippen LogP contribution in [0.5, 0.6) is 11.5 Å². The second kappa shape index (κ2) is 7.77. The Hall–Kier alpha value is -2.36. The minimum atomic E-state index is 0.648. The number of rotatable bonds is 7. The third kappa shape index (κ3) is 3.89. The van der Waals surface area contributed by atoms with E-state index in [0.29, 0.717) is 18.9 Å². The maximum absolute atomic E-state index is 6.05. The zero-order chi connectivity index (χ0) is 16.8. The molecule has 0 saturated carbocycles. The van der Waals surface area contributed by atoms with Gasteiger partial charge < -0.3 is 20.9 Å². The molecule has 0 fully saturated rings. The quantitative estimate of drug-likeness (QED) is 0.743. The van der Waals surface area contributed by atoms with Gasteiger partial charge in [-0.05, 0) is 44.0 Å². The van der Waals surface area contributed by atoms with Gasteiger partial charge in [0.2, 0.25) is 0 Å². The van der Waals surface area contributed by atoms with E-state index in [1.54, 1.807) is 0 Å². The monoisotopic (exact) mass is 314 g/mol. The second-order valence-electron chi connectivity index (χ2n) is 5.61. The lowest BCUT2D eigenvalue weighted by Crippen LogP contribution is -2.03. The van der Waals surface area contributed by atoms with Gasteiger partial charge in [-0.1, -0.05) is 13.8 Å². The van der Waals surface area contributed by atoms with Crippen LogP contribution in [0.15, 0.2) is 30.3 Å². The van der Waals surface area contributed by atoms with Crippen LogP contribution in [0, 0.1) is 6.92 Å². The third-order valence-corrected chi connectivity index (χ3v) is 3.66. The Morgan fingerprint density at radius 2 is 1.52 bits per heavy atom. The normalized spacial score (nSPS) is 10.6. The lowest BCUT2D eigenvalue weighted by molar-refractivity contribution is 0.313. The van der Waals surface area contributed by atoms with Crippen molar-refractivity contribution in [2.24, 2.45) is 0 Å². The molecule has 0 unspecified atom stereocenters. The molecule has 0 aliphatic carbocycles. The molecule has 2 aromatic carbocycles. The van der Waals surface area contributed by atoms with E-state index in [-0.39, 0.29) is 0 Å². The number of hydrogen-bond donors (Lipinski definition) is 2. The molecule has 0 saturated heterocycles. The van der Waals surface area contributed by atoms with E-state index in [9.17, 15) is 0 Å². The Morgan fingerprint density at radius 1 is 0.870 bits per heavy atom. The van der Waals surface area contributed by atoms with Gasteiger partial charge in [0.1, 0.15) is 11.5 Å². The van der Waals surface area contributed by atoms with Crippen molar-refractivity contribution < 1.29 is 9.47 Å². The van der Waals surface area contributed by atoms with E-state index < -0.39 is 0 Å². The summed E-state index contributed by atoms with van der Waals surface area (Å²) in [6.45, 7) is 7.44. The molecule has 124 valence electrons. The number of nitrogens with two attached hydrogens (primary N) is 2. The predicted octanol–water partition coefficient (Wildman–Crippen LogP) is 4.40. The molecule has 0 radical (unpaired) electrons. The first kappa shape index (κ1) is 17.0. The fourth-order valence-electron chi connectivity index (χ4n) is 2.40. The van der Waals surface area contributed by atoms with Gasteiger partial charge in [0.15, 0.2) is 0 Å². The smallest absolute Gasteiger partial charge is 0.132 e. The van der Waals surface area contributed by atoms with Crippen molar-refractivity contribution in [3.8, 4) is 22.6 Å². The summed E-state index contributed by atoms with van der Waals surface area (Å²) in [6.07, 6.45) is 1.88. The van der Waals surface area contributed by atoms with E-state index in [1.165, 1.54) is 0 Å². The fraction of sp³-hybridized carbons (Fsp3) is 0.368. The average Bonchev–Trinajstić information content (AvgIpc) is 2.55. The Kier molecular flexibility index (Phi) is 5.74. The van der Waals surface area contributed by atoms with Crippen LogP contribution in [0.4, 0.5) is 11.4 Å². The summed E-state index contributed by atoms with van der Waals surface area (Å²) in [4.78, 5) is 0. The molecule has 2 rings (SSSR count). The number of benzene rings is 2. The summed E-state index contributed by atoms with van der Waals surface area (Å²) < 4.78 is 11.9. The summed E-state index contributed by atoms with van der Waals surface area (Å²) in [7, 11) is 0. The molecular weight excluding hydrogens is 288 g/mol. The molecule has 4 N–H and O–H groups in total. The van der Waals surface area contributed by atoms with Crippen LogP contribution in [0.3, 0.4) is 0 Å². The standard InChI is InChI=1S/C19H26N2O2/c1-4-10-22-18-12-14(20)6-7-15(18)16-8-9-17(21)13(3)19(16)23-11-5-2/h6-9,12H,4-5,10-11,20-21H2,1-3H3. The summed E-state index contributed by atoms with van der Waals surface area (Å²) >= 11 is 0. The molecule has 0 bridgehead atoms. The van der Waals surface area contributed by atoms with Gasteiger partial charge >= 0.3 is 0 Å². The van der Waals surface area contributed by atoms with Crippen LogP contribution in [0.1, 0.15) is 32.3 Å². The van der Waals surface area contributed by atoms with Crippen LogP contribution >= 0.6 is 0 Å². The molecule has 4 nitrogen and oxygen atoms in total. The molecular formula is C19H26N2O2. The molecule has 0 spiro atoms. The zero-order valence-corrected chi connectivity index (χ0v) is 14.2.